The molecule has 0 aliphatic carbocycles. The lowest BCUT2D eigenvalue weighted by molar-refractivity contribution is 0.519. The summed E-state index contributed by atoms with van der Waals surface area (Å²) >= 11 is 7.44. The van der Waals surface area contributed by atoms with E-state index in [1.165, 1.54) is 11.3 Å². The topological polar surface area (TPSA) is 43.1 Å². The maximum atomic E-state index is 11.7. The van der Waals surface area contributed by atoms with Gasteiger partial charge in [-0.3, -0.25) is 0 Å². The van der Waals surface area contributed by atoms with Gasteiger partial charge in [-0.1, -0.05) is 23.7 Å². The van der Waals surface area contributed by atoms with Crippen molar-refractivity contribution >= 4 is 33.2 Å². The Bertz CT molecular complexity index is 747. The summed E-state index contributed by atoms with van der Waals surface area (Å²) in [4.78, 5) is 16.7. The first-order valence-electron chi connectivity index (χ1n) is 4.89. The zero-order chi connectivity index (χ0) is 11.8. The first-order chi connectivity index (χ1) is 8.25. The second-order valence-corrected chi connectivity index (χ2v) is 4.73. The number of hydrogen-bond donors (Lipinski definition) is 0. The molecule has 5 heteroatoms. The summed E-state index contributed by atoms with van der Waals surface area (Å²) in [5.41, 5.74) is 0.243. The number of nitrogens with zero attached hydrogens (tertiary/aromatic N) is 1. The van der Waals surface area contributed by atoms with Crippen LogP contribution in [0, 0.1) is 0 Å². The SMILES string of the molecule is O=c1oc(-c2ccccc2Cl)nc2sccc12. The van der Waals surface area contributed by atoms with E-state index >= 15 is 0 Å². The Kier molecular flexibility index (Phi) is 2.46. The second kappa shape index (κ2) is 3.98. The molecule has 0 unspecified atom stereocenters. The quantitative estimate of drug-likeness (QED) is 0.674. The zero-order valence-electron chi connectivity index (χ0n) is 8.51. The van der Waals surface area contributed by atoms with Crippen molar-refractivity contribution in [2.45, 2.75) is 0 Å². The molecule has 0 saturated carbocycles. The molecule has 0 fully saturated rings. The van der Waals surface area contributed by atoms with Gasteiger partial charge < -0.3 is 4.42 Å². The second-order valence-electron chi connectivity index (χ2n) is 3.43. The summed E-state index contributed by atoms with van der Waals surface area (Å²) in [6, 6.07) is 8.84. The van der Waals surface area contributed by atoms with Gasteiger partial charge in [0.25, 0.3) is 0 Å². The number of rotatable bonds is 1. The number of halogens is 1. The van der Waals surface area contributed by atoms with Gasteiger partial charge in [0.15, 0.2) is 0 Å². The number of thiophene rings is 1. The lowest BCUT2D eigenvalue weighted by atomic mass is 10.2. The summed E-state index contributed by atoms with van der Waals surface area (Å²) in [5, 5.41) is 2.83. The van der Waals surface area contributed by atoms with Crippen LogP contribution in [0.2, 0.25) is 5.02 Å². The molecule has 0 spiro atoms. The molecule has 1 aromatic carbocycles. The van der Waals surface area contributed by atoms with E-state index in [4.69, 9.17) is 16.0 Å². The van der Waals surface area contributed by atoms with Crippen LogP contribution in [0.1, 0.15) is 0 Å². The van der Waals surface area contributed by atoms with Crippen LogP contribution >= 0.6 is 22.9 Å². The Hall–Kier alpha value is -1.65. The Balaban J connectivity index is 2.32. The van der Waals surface area contributed by atoms with Gasteiger partial charge in [-0.25, -0.2) is 9.78 Å². The van der Waals surface area contributed by atoms with E-state index in [0.717, 1.165) is 0 Å². The molecule has 0 aliphatic rings. The molecule has 0 aliphatic heterocycles. The number of fused-ring (bicyclic) bond motifs is 1. The third-order valence-corrected chi connectivity index (χ3v) is 3.50. The van der Waals surface area contributed by atoms with E-state index < -0.39 is 0 Å². The van der Waals surface area contributed by atoms with Gasteiger partial charge in [0.05, 0.1) is 16.0 Å². The van der Waals surface area contributed by atoms with Crippen LogP contribution in [0.15, 0.2) is 44.9 Å². The average Bonchev–Trinajstić information content (AvgIpc) is 2.78. The van der Waals surface area contributed by atoms with Gasteiger partial charge in [-0.2, -0.15) is 0 Å². The predicted molar refractivity (Wildman–Crippen MR) is 68.6 cm³/mol. The highest BCUT2D eigenvalue weighted by Crippen LogP contribution is 2.27. The van der Waals surface area contributed by atoms with Crippen molar-refractivity contribution in [3.63, 3.8) is 0 Å². The summed E-state index contributed by atoms with van der Waals surface area (Å²) in [5.74, 6) is 0.260. The molecule has 3 aromatic rings. The van der Waals surface area contributed by atoms with E-state index in [1.807, 2.05) is 17.5 Å². The van der Waals surface area contributed by atoms with Crippen LogP contribution in [0.25, 0.3) is 21.7 Å². The molecular weight excluding hydrogens is 258 g/mol. The van der Waals surface area contributed by atoms with Gasteiger partial charge in [0.2, 0.25) is 5.89 Å². The number of benzene rings is 1. The molecular formula is C12H6ClNO2S. The van der Waals surface area contributed by atoms with Gasteiger partial charge in [-0.05, 0) is 23.6 Å². The molecule has 0 saturated heterocycles. The molecule has 17 heavy (non-hydrogen) atoms. The fourth-order valence-electron chi connectivity index (χ4n) is 1.55. The standard InChI is InChI=1S/C12H6ClNO2S/c13-9-4-2-1-3-7(9)10-14-11-8(5-6-17-11)12(15)16-10/h1-6H. The number of aromatic nitrogens is 1. The highest BCUT2D eigenvalue weighted by molar-refractivity contribution is 7.16. The van der Waals surface area contributed by atoms with Crippen LogP contribution in [0.4, 0.5) is 0 Å². The predicted octanol–water partition coefficient (Wildman–Crippen LogP) is 3.57. The fraction of sp³-hybridized carbons (Fsp3) is 0. The number of hydrogen-bond acceptors (Lipinski definition) is 4. The molecule has 2 heterocycles. The van der Waals surface area contributed by atoms with Crippen molar-refractivity contribution in [1.82, 2.24) is 4.98 Å². The van der Waals surface area contributed by atoms with Crippen LogP contribution < -0.4 is 5.63 Å². The Morgan fingerprint density at radius 2 is 2.06 bits per heavy atom. The lowest BCUT2D eigenvalue weighted by Crippen LogP contribution is -2.00. The van der Waals surface area contributed by atoms with Crippen LogP contribution in [-0.4, -0.2) is 4.98 Å². The van der Waals surface area contributed by atoms with Crippen molar-refractivity contribution < 1.29 is 4.42 Å². The van der Waals surface area contributed by atoms with Gasteiger partial charge in [-0.15, -0.1) is 11.3 Å². The van der Waals surface area contributed by atoms with Crippen LogP contribution in [-0.2, 0) is 0 Å². The van der Waals surface area contributed by atoms with Crippen molar-refractivity contribution in [2.75, 3.05) is 0 Å². The maximum Gasteiger partial charge on any atom is 0.347 e. The summed E-state index contributed by atoms with van der Waals surface area (Å²) < 4.78 is 5.17. The minimum atomic E-state index is -0.383. The molecule has 3 rings (SSSR count). The summed E-state index contributed by atoms with van der Waals surface area (Å²) in [6.45, 7) is 0. The third-order valence-electron chi connectivity index (χ3n) is 2.36. The molecule has 0 amide bonds. The smallest absolute Gasteiger partial charge is 0.347 e. The Morgan fingerprint density at radius 3 is 2.88 bits per heavy atom. The highest BCUT2D eigenvalue weighted by atomic mass is 35.5. The molecule has 0 radical (unpaired) electrons. The summed E-state index contributed by atoms with van der Waals surface area (Å²) in [7, 11) is 0. The molecule has 0 bridgehead atoms. The van der Waals surface area contributed by atoms with Gasteiger partial charge in [0.1, 0.15) is 4.83 Å². The average molecular weight is 264 g/mol. The normalized spacial score (nSPS) is 10.9. The van der Waals surface area contributed by atoms with Crippen molar-refractivity contribution in [2.24, 2.45) is 0 Å². The maximum absolute atomic E-state index is 11.7. The first-order valence-corrected chi connectivity index (χ1v) is 6.15. The van der Waals surface area contributed by atoms with Crippen LogP contribution in [0.3, 0.4) is 0 Å². The molecule has 0 N–H and O–H groups in total. The Labute approximate surface area is 105 Å². The van der Waals surface area contributed by atoms with Crippen molar-refractivity contribution in [1.29, 1.82) is 0 Å². The van der Waals surface area contributed by atoms with E-state index in [0.29, 0.717) is 20.8 Å². The minimum Gasteiger partial charge on any atom is -0.403 e. The molecule has 84 valence electrons. The monoisotopic (exact) mass is 263 g/mol. The largest absolute Gasteiger partial charge is 0.403 e. The van der Waals surface area contributed by atoms with Gasteiger partial charge >= 0.3 is 5.63 Å². The molecule has 0 atom stereocenters. The van der Waals surface area contributed by atoms with E-state index in [9.17, 15) is 4.79 Å². The Morgan fingerprint density at radius 1 is 1.24 bits per heavy atom. The summed E-state index contributed by atoms with van der Waals surface area (Å²) in [6.07, 6.45) is 0. The highest BCUT2D eigenvalue weighted by Gasteiger charge is 2.11. The fourth-order valence-corrected chi connectivity index (χ4v) is 2.51. The third kappa shape index (κ3) is 1.75. The molecule has 2 aromatic heterocycles. The van der Waals surface area contributed by atoms with Crippen molar-refractivity contribution in [3.8, 4) is 11.5 Å². The van der Waals surface area contributed by atoms with Crippen molar-refractivity contribution in [3.05, 3.63) is 51.2 Å². The minimum absolute atomic E-state index is 0.260. The lowest BCUT2D eigenvalue weighted by Gasteiger charge is -2.01. The van der Waals surface area contributed by atoms with E-state index in [1.54, 1.807) is 18.2 Å². The first kappa shape index (κ1) is 10.5. The van der Waals surface area contributed by atoms with Gasteiger partial charge in [0, 0.05) is 0 Å². The molecule has 3 nitrogen and oxygen atoms in total. The van der Waals surface area contributed by atoms with Crippen LogP contribution in [0.5, 0.6) is 0 Å². The van der Waals surface area contributed by atoms with E-state index in [2.05, 4.69) is 4.98 Å². The van der Waals surface area contributed by atoms with E-state index in [-0.39, 0.29) is 11.5 Å². The zero-order valence-corrected chi connectivity index (χ0v) is 10.1.